The molecule has 1 saturated heterocycles. The molecule has 1 heterocycles. The van der Waals surface area contributed by atoms with E-state index in [-0.39, 0.29) is 23.3 Å². The summed E-state index contributed by atoms with van der Waals surface area (Å²) in [6.45, 7) is 13.5. The van der Waals surface area contributed by atoms with Gasteiger partial charge in [0.25, 0.3) is 0 Å². The van der Waals surface area contributed by atoms with Gasteiger partial charge >= 0.3 is 0 Å². The SMILES string of the molecule is CCO.COc1ccc2c(c1)C1(CCNC(=O)C(C)(C)C)CCN(CC3CC3)C(C2)C1C. The van der Waals surface area contributed by atoms with Crippen LogP contribution in [-0.2, 0) is 16.6 Å². The summed E-state index contributed by atoms with van der Waals surface area (Å²) in [7, 11) is 1.76. The van der Waals surface area contributed by atoms with Crippen LogP contribution in [0.3, 0.4) is 0 Å². The van der Waals surface area contributed by atoms with E-state index in [2.05, 4.69) is 35.3 Å². The standard InChI is InChI=1S/C25H38N2O2.C2H6O/c1-17-22-14-19-8-9-20(29-5)15-21(19)25(17,10-12-26-23(28)24(2,3)4)11-13-27(22)16-18-6-7-18;1-2-3/h8-9,15,17-18,22H,6-7,10-14,16H2,1-5H3,(H,26,28);3H,2H2,1H3. The van der Waals surface area contributed by atoms with Crippen LogP contribution in [0.1, 0.15) is 71.4 Å². The lowest BCUT2D eigenvalue weighted by Crippen LogP contribution is -2.60. The summed E-state index contributed by atoms with van der Waals surface area (Å²) in [5, 5.41) is 10.8. The third-order valence-electron chi connectivity index (χ3n) is 7.77. The largest absolute Gasteiger partial charge is 0.497 e. The van der Waals surface area contributed by atoms with Gasteiger partial charge in [0.15, 0.2) is 0 Å². The van der Waals surface area contributed by atoms with Crippen LogP contribution in [0.4, 0.5) is 0 Å². The number of ether oxygens (including phenoxy) is 1. The molecule has 5 heteroatoms. The van der Waals surface area contributed by atoms with E-state index in [1.165, 1.54) is 43.5 Å². The Morgan fingerprint density at radius 3 is 2.59 bits per heavy atom. The topological polar surface area (TPSA) is 61.8 Å². The van der Waals surface area contributed by atoms with Crippen molar-refractivity contribution in [1.29, 1.82) is 0 Å². The second-order valence-electron chi connectivity index (χ2n) is 11.0. The Morgan fingerprint density at radius 1 is 1.31 bits per heavy atom. The molecule has 1 amide bonds. The number of nitrogens with zero attached hydrogens (tertiary/aromatic N) is 1. The lowest BCUT2D eigenvalue weighted by Gasteiger charge is -2.56. The number of likely N-dealkylation sites (tertiary alicyclic amines) is 1. The first-order valence-electron chi connectivity index (χ1n) is 12.5. The van der Waals surface area contributed by atoms with Crippen LogP contribution in [0.2, 0.25) is 0 Å². The molecule has 1 aromatic rings. The van der Waals surface area contributed by atoms with Gasteiger partial charge in [-0.1, -0.05) is 33.8 Å². The van der Waals surface area contributed by atoms with Crippen LogP contribution in [0.25, 0.3) is 0 Å². The first-order chi connectivity index (χ1) is 15.2. The van der Waals surface area contributed by atoms with Gasteiger partial charge in [0.2, 0.25) is 5.91 Å². The van der Waals surface area contributed by atoms with E-state index in [4.69, 9.17) is 9.84 Å². The van der Waals surface area contributed by atoms with E-state index in [1.807, 2.05) is 20.8 Å². The number of piperidine rings is 1. The van der Waals surface area contributed by atoms with Crippen LogP contribution in [0.15, 0.2) is 18.2 Å². The molecular weight excluding hydrogens is 400 g/mol. The minimum Gasteiger partial charge on any atom is -0.497 e. The highest BCUT2D eigenvalue weighted by atomic mass is 16.5. The molecule has 1 saturated carbocycles. The number of carbonyl (C=O) groups is 1. The monoisotopic (exact) mass is 444 g/mol. The van der Waals surface area contributed by atoms with Crippen molar-refractivity contribution in [1.82, 2.24) is 10.2 Å². The van der Waals surface area contributed by atoms with E-state index < -0.39 is 0 Å². The minimum absolute atomic E-state index is 0.123. The van der Waals surface area contributed by atoms with Crippen molar-refractivity contribution in [2.75, 3.05) is 33.4 Å². The van der Waals surface area contributed by atoms with Gasteiger partial charge in [-0.15, -0.1) is 0 Å². The number of hydrogen-bond donors (Lipinski definition) is 2. The molecule has 0 spiro atoms. The van der Waals surface area contributed by atoms with Crippen molar-refractivity contribution < 1.29 is 14.6 Å². The third kappa shape index (κ3) is 5.31. The van der Waals surface area contributed by atoms with Crippen molar-refractivity contribution in [3.8, 4) is 5.75 Å². The molecule has 32 heavy (non-hydrogen) atoms. The van der Waals surface area contributed by atoms with Crippen molar-refractivity contribution in [3.05, 3.63) is 29.3 Å². The quantitative estimate of drug-likeness (QED) is 0.692. The number of benzene rings is 1. The van der Waals surface area contributed by atoms with E-state index in [9.17, 15) is 4.79 Å². The summed E-state index contributed by atoms with van der Waals surface area (Å²) in [4.78, 5) is 15.2. The first kappa shape index (κ1) is 25.0. The Morgan fingerprint density at radius 2 is 2.00 bits per heavy atom. The van der Waals surface area contributed by atoms with Gasteiger partial charge in [0, 0.05) is 36.6 Å². The van der Waals surface area contributed by atoms with Crippen LogP contribution >= 0.6 is 0 Å². The number of aliphatic hydroxyl groups excluding tert-OH is 1. The Hall–Kier alpha value is -1.59. The normalized spacial score (nSPS) is 27.1. The van der Waals surface area contributed by atoms with Crippen LogP contribution < -0.4 is 10.1 Å². The van der Waals surface area contributed by atoms with Crippen molar-refractivity contribution in [2.45, 2.75) is 78.2 Å². The number of nitrogens with one attached hydrogen (secondary N) is 1. The van der Waals surface area contributed by atoms with Crippen molar-refractivity contribution in [2.24, 2.45) is 17.3 Å². The van der Waals surface area contributed by atoms with Gasteiger partial charge in [-0.3, -0.25) is 9.69 Å². The fraction of sp³-hybridized carbons (Fsp3) is 0.741. The summed E-state index contributed by atoms with van der Waals surface area (Å²) in [6.07, 6.45) is 6.14. The second kappa shape index (κ2) is 10.1. The third-order valence-corrected chi connectivity index (χ3v) is 7.77. The molecule has 1 aliphatic heterocycles. The molecule has 4 rings (SSSR count). The highest BCUT2D eigenvalue weighted by molar-refractivity contribution is 5.81. The Labute approximate surface area is 194 Å². The molecule has 2 aliphatic carbocycles. The highest BCUT2D eigenvalue weighted by Gasteiger charge is 2.51. The maximum absolute atomic E-state index is 12.4. The van der Waals surface area contributed by atoms with Gasteiger partial charge in [-0.25, -0.2) is 0 Å². The number of aliphatic hydroxyl groups is 1. The maximum Gasteiger partial charge on any atom is 0.225 e. The average Bonchev–Trinajstić information content (AvgIpc) is 3.55. The highest BCUT2D eigenvalue weighted by Crippen LogP contribution is 2.52. The van der Waals surface area contributed by atoms with Gasteiger partial charge in [0.1, 0.15) is 5.75 Å². The summed E-state index contributed by atoms with van der Waals surface area (Å²) >= 11 is 0. The first-order valence-corrected chi connectivity index (χ1v) is 12.5. The zero-order chi connectivity index (χ0) is 23.5. The number of rotatable bonds is 6. The molecule has 2 fully saturated rings. The van der Waals surface area contributed by atoms with Gasteiger partial charge in [-0.2, -0.15) is 0 Å². The van der Waals surface area contributed by atoms with Gasteiger partial charge < -0.3 is 15.2 Å². The van der Waals surface area contributed by atoms with Gasteiger partial charge in [-0.05, 0) is 80.7 Å². The Kier molecular flexibility index (Phi) is 7.93. The summed E-state index contributed by atoms with van der Waals surface area (Å²) in [6, 6.07) is 7.30. The lowest BCUT2D eigenvalue weighted by atomic mass is 9.56. The zero-order valence-corrected chi connectivity index (χ0v) is 21.0. The number of carbonyl (C=O) groups excluding carboxylic acids is 1. The summed E-state index contributed by atoms with van der Waals surface area (Å²) in [5.74, 6) is 2.61. The molecule has 3 atom stereocenters. The van der Waals surface area contributed by atoms with Crippen molar-refractivity contribution >= 4 is 5.91 Å². The zero-order valence-electron chi connectivity index (χ0n) is 21.0. The van der Waals surface area contributed by atoms with Gasteiger partial charge in [0.05, 0.1) is 7.11 Å². The van der Waals surface area contributed by atoms with E-state index in [1.54, 1.807) is 14.0 Å². The Balaban J connectivity index is 0.000000913. The second-order valence-corrected chi connectivity index (χ2v) is 11.0. The molecule has 5 nitrogen and oxygen atoms in total. The number of fused-ring (bicyclic) bond motifs is 4. The van der Waals surface area contributed by atoms with E-state index >= 15 is 0 Å². The van der Waals surface area contributed by atoms with E-state index in [0.717, 1.165) is 31.1 Å². The summed E-state index contributed by atoms with van der Waals surface area (Å²) < 4.78 is 5.59. The molecule has 0 radical (unpaired) electrons. The lowest BCUT2D eigenvalue weighted by molar-refractivity contribution is -0.128. The molecular formula is C27H44N2O3. The number of amides is 1. The van der Waals surface area contributed by atoms with Crippen LogP contribution in [-0.4, -0.2) is 55.3 Å². The van der Waals surface area contributed by atoms with E-state index in [0.29, 0.717) is 12.0 Å². The molecule has 3 aliphatic rings. The molecule has 1 aromatic carbocycles. The molecule has 0 aromatic heterocycles. The molecule has 3 unspecified atom stereocenters. The molecule has 2 bridgehead atoms. The molecule has 2 N–H and O–H groups in total. The average molecular weight is 445 g/mol. The summed E-state index contributed by atoms with van der Waals surface area (Å²) in [5.41, 5.74) is 2.73. The minimum atomic E-state index is -0.340. The predicted molar refractivity (Wildman–Crippen MR) is 130 cm³/mol. The Bertz CT molecular complexity index is 784. The number of hydrogen-bond acceptors (Lipinski definition) is 4. The van der Waals surface area contributed by atoms with Crippen molar-refractivity contribution in [3.63, 3.8) is 0 Å². The predicted octanol–water partition coefficient (Wildman–Crippen LogP) is 4.16. The van der Waals surface area contributed by atoms with Crippen LogP contribution in [0.5, 0.6) is 5.75 Å². The fourth-order valence-corrected chi connectivity index (χ4v) is 5.67. The number of methoxy groups -OCH3 is 1. The fourth-order valence-electron chi connectivity index (χ4n) is 5.67. The maximum atomic E-state index is 12.4. The van der Waals surface area contributed by atoms with Crippen LogP contribution in [0, 0.1) is 17.3 Å². The molecule has 180 valence electrons. The smallest absolute Gasteiger partial charge is 0.225 e.